The van der Waals surface area contributed by atoms with Crippen LogP contribution in [-0.4, -0.2) is 13.6 Å². The van der Waals surface area contributed by atoms with E-state index >= 15 is 0 Å². The number of nitrogens with one attached hydrogen (secondary N) is 1. The molecule has 2 saturated carbocycles. The van der Waals surface area contributed by atoms with Gasteiger partial charge in [0.05, 0.1) is 0 Å². The molecule has 0 spiro atoms. The molecule has 4 unspecified atom stereocenters. The van der Waals surface area contributed by atoms with Gasteiger partial charge in [0.2, 0.25) is 0 Å². The largest absolute Gasteiger partial charge is 0.319 e. The lowest BCUT2D eigenvalue weighted by Gasteiger charge is -2.44. The first kappa shape index (κ1) is 10.5. The van der Waals surface area contributed by atoms with E-state index in [9.17, 15) is 0 Å². The van der Waals surface area contributed by atoms with Crippen LogP contribution in [0.25, 0.3) is 0 Å². The Morgan fingerprint density at radius 2 is 2.00 bits per heavy atom. The van der Waals surface area contributed by atoms with Crippen molar-refractivity contribution in [1.29, 1.82) is 0 Å². The molecule has 1 N–H and O–H groups in total. The third kappa shape index (κ3) is 2.13. The predicted octanol–water partition coefficient (Wildman–Crippen LogP) is 3.06. The topological polar surface area (TPSA) is 12.0 Å². The summed E-state index contributed by atoms with van der Waals surface area (Å²) in [6, 6.07) is 0. The Morgan fingerprint density at radius 3 is 2.57 bits per heavy atom. The zero-order valence-electron chi connectivity index (χ0n) is 9.76. The van der Waals surface area contributed by atoms with Crippen LogP contribution in [0.3, 0.4) is 0 Å². The molecule has 14 heavy (non-hydrogen) atoms. The Hall–Kier alpha value is -0.0400. The normalized spacial score (nSPS) is 43.3. The molecule has 82 valence electrons. The van der Waals surface area contributed by atoms with E-state index in [0.717, 1.165) is 23.7 Å². The predicted molar refractivity (Wildman–Crippen MR) is 61.3 cm³/mol. The Labute approximate surface area is 88.7 Å². The molecular formula is C13H25N. The van der Waals surface area contributed by atoms with Gasteiger partial charge in [-0.1, -0.05) is 26.2 Å². The van der Waals surface area contributed by atoms with E-state index in [1.54, 1.807) is 0 Å². The van der Waals surface area contributed by atoms with Crippen molar-refractivity contribution in [2.75, 3.05) is 13.6 Å². The van der Waals surface area contributed by atoms with E-state index in [1.807, 2.05) is 0 Å². The molecule has 4 atom stereocenters. The van der Waals surface area contributed by atoms with Gasteiger partial charge in [-0.2, -0.15) is 0 Å². The maximum atomic E-state index is 3.35. The zero-order chi connectivity index (χ0) is 9.97. The fourth-order valence-electron chi connectivity index (χ4n) is 3.60. The van der Waals surface area contributed by atoms with Gasteiger partial charge >= 0.3 is 0 Å². The van der Waals surface area contributed by atoms with E-state index in [1.165, 1.54) is 45.1 Å². The molecule has 2 aliphatic carbocycles. The second-order valence-electron chi connectivity index (χ2n) is 5.59. The van der Waals surface area contributed by atoms with Crippen LogP contribution in [0.2, 0.25) is 0 Å². The molecule has 2 rings (SSSR count). The summed E-state index contributed by atoms with van der Waals surface area (Å²) in [5.41, 5.74) is 0. The van der Waals surface area contributed by atoms with Crippen molar-refractivity contribution in [1.82, 2.24) is 5.32 Å². The third-order valence-electron chi connectivity index (χ3n) is 4.53. The van der Waals surface area contributed by atoms with Crippen molar-refractivity contribution in [3.8, 4) is 0 Å². The Balaban J connectivity index is 1.82. The summed E-state index contributed by atoms with van der Waals surface area (Å²) in [6.07, 6.45) is 9.02. The summed E-state index contributed by atoms with van der Waals surface area (Å²) in [4.78, 5) is 0. The van der Waals surface area contributed by atoms with Gasteiger partial charge in [0.1, 0.15) is 0 Å². The van der Waals surface area contributed by atoms with Gasteiger partial charge in [-0.05, 0) is 56.5 Å². The average Bonchev–Trinajstić information content (AvgIpc) is 2.12. The first-order valence-corrected chi connectivity index (χ1v) is 6.46. The van der Waals surface area contributed by atoms with Gasteiger partial charge in [-0.15, -0.1) is 0 Å². The fourth-order valence-corrected chi connectivity index (χ4v) is 3.60. The van der Waals surface area contributed by atoms with E-state index < -0.39 is 0 Å². The molecule has 0 radical (unpaired) electrons. The number of hydrogen-bond donors (Lipinski definition) is 1. The van der Waals surface area contributed by atoms with E-state index in [2.05, 4.69) is 19.3 Å². The summed E-state index contributed by atoms with van der Waals surface area (Å²) in [6.45, 7) is 3.70. The molecular weight excluding hydrogens is 170 g/mol. The molecule has 1 nitrogen and oxygen atoms in total. The Morgan fingerprint density at radius 1 is 1.14 bits per heavy atom. The van der Waals surface area contributed by atoms with Crippen molar-refractivity contribution >= 4 is 0 Å². The lowest BCUT2D eigenvalue weighted by atomic mass is 9.62. The Bertz CT molecular complexity index is 178. The average molecular weight is 195 g/mol. The maximum absolute atomic E-state index is 3.35. The highest BCUT2D eigenvalue weighted by Gasteiger charge is 2.37. The molecule has 0 aromatic heterocycles. The van der Waals surface area contributed by atoms with Crippen molar-refractivity contribution < 1.29 is 0 Å². The highest BCUT2D eigenvalue weighted by atomic mass is 14.8. The second-order valence-corrected chi connectivity index (χ2v) is 5.59. The number of rotatable bonds is 3. The molecule has 0 saturated heterocycles. The van der Waals surface area contributed by atoms with Crippen molar-refractivity contribution in [3.05, 3.63) is 0 Å². The quantitative estimate of drug-likeness (QED) is 0.730. The SMILES string of the molecule is CNCC1CCC1C1CCCC(C)C1. The summed E-state index contributed by atoms with van der Waals surface area (Å²) < 4.78 is 0. The molecule has 0 bridgehead atoms. The van der Waals surface area contributed by atoms with Crippen LogP contribution in [0.15, 0.2) is 0 Å². The van der Waals surface area contributed by atoms with E-state index in [-0.39, 0.29) is 0 Å². The highest BCUT2D eigenvalue weighted by Crippen LogP contribution is 2.45. The van der Waals surface area contributed by atoms with Gasteiger partial charge in [0.25, 0.3) is 0 Å². The van der Waals surface area contributed by atoms with Gasteiger partial charge in [0, 0.05) is 0 Å². The summed E-state index contributed by atoms with van der Waals surface area (Å²) in [5.74, 6) is 4.16. The van der Waals surface area contributed by atoms with E-state index in [0.29, 0.717) is 0 Å². The van der Waals surface area contributed by atoms with Crippen molar-refractivity contribution in [2.45, 2.75) is 45.4 Å². The van der Waals surface area contributed by atoms with Gasteiger partial charge in [-0.25, -0.2) is 0 Å². The smallest absolute Gasteiger partial charge is 0.00208 e. The fraction of sp³-hybridized carbons (Fsp3) is 1.00. The molecule has 0 amide bonds. The number of hydrogen-bond acceptors (Lipinski definition) is 1. The monoisotopic (exact) mass is 195 g/mol. The van der Waals surface area contributed by atoms with Crippen LogP contribution < -0.4 is 5.32 Å². The third-order valence-corrected chi connectivity index (χ3v) is 4.53. The maximum Gasteiger partial charge on any atom is -0.00208 e. The van der Waals surface area contributed by atoms with Crippen LogP contribution in [0.5, 0.6) is 0 Å². The van der Waals surface area contributed by atoms with Gasteiger partial charge in [-0.3, -0.25) is 0 Å². The lowest BCUT2D eigenvalue weighted by Crippen LogP contribution is -2.39. The molecule has 0 aromatic rings. The van der Waals surface area contributed by atoms with Gasteiger partial charge < -0.3 is 5.32 Å². The standard InChI is InChI=1S/C13H25N/c1-10-4-3-5-11(8-10)13-7-6-12(13)9-14-2/h10-14H,3-9H2,1-2H3. The molecule has 0 aliphatic heterocycles. The molecule has 0 heterocycles. The van der Waals surface area contributed by atoms with E-state index in [4.69, 9.17) is 0 Å². The Kier molecular flexibility index (Phi) is 3.48. The zero-order valence-corrected chi connectivity index (χ0v) is 9.76. The minimum Gasteiger partial charge on any atom is -0.319 e. The first-order chi connectivity index (χ1) is 6.81. The molecule has 2 aliphatic rings. The summed E-state index contributed by atoms with van der Waals surface area (Å²) in [5, 5.41) is 3.35. The van der Waals surface area contributed by atoms with Crippen LogP contribution >= 0.6 is 0 Å². The van der Waals surface area contributed by atoms with Crippen LogP contribution in [0.1, 0.15) is 45.4 Å². The summed E-state index contributed by atoms with van der Waals surface area (Å²) >= 11 is 0. The van der Waals surface area contributed by atoms with Crippen LogP contribution in [-0.2, 0) is 0 Å². The van der Waals surface area contributed by atoms with Crippen LogP contribution in [0.4, 0.5) is 0 Å². The van der Waals surface area contributed by atoms with Crippen LogP contribution in [0, 0.1) is 23.7 Å². The summed E-state index contributed by atoms with van der Waals surface area (Å²) in [7, 11) is 2.10. The molecule has 0 aromatic carbocycles. The minimum absolute atomic E-state index is 1.00. The second kappa shape index (κ2) is 4.65. The first-order valence-electron chi connectivity index (χ1n) is 6.46. The van der Waals surface area contributed by atoms with Crippen molar-refractivity contribution in [3.63, 3.8) is 0 Å². The molecule has 1 heteroatoms. The van der Waals surface area contributed by atoms with Gasteiger partial charge in [0.15, 0.2) is 0 Å². The lowest BCUT2D eigenvalue weighted by molar-refractivity contribution is 0.0668. The molecule has 2 fully saturated rings. The highest BCUT2D eigenvalue weighted by molar-refractivity contribution is 4.88. The van der Waals surface area contributed by atoms with Crippen molar-refractivity contribution in [2.24, 2.45) is 23.7 Å². The minimum atomic E-state index is 1.00.